The van der Waals surface area contributed by atoms with Gasteiger partial charge in [-0.15, -0.1) is 10.2 Å². The van der Waals surface area contributed by atoms with Crippen molar-refractivity contribution >= 4 is 5.91 Å². The molecule has 14 heavy (non-hydrogen) atoms. The summed E-state index contributed by atoms with van der Waals surface area (Å²) >= 11 is 0. The molecule has 0 aliphatic carbocycles. The second kappa shape index (κ2) is 4.71. The highest BCUT2D eigenvalue weighted by Gasteiger charge is 2.10. The molecule has 6 nitrogen and oxygen atoms in total. The molecule has 1 N–H and O–H groups in total. The monoisotopic (exact) mass is 198 g/mol. The van der Waals surface area contributed by atoms with E-state index in [4.69, 9.17) is 5.11 Å². The van der Waals surface area contributed by atoms with Crippen molar-refractivity contribution in [3.63, 3.8) is 0 Å². The van der Waals surface area contributed by atoms with Gasteiger partial charge < -0.3 is 14.6 Å². The summed E-state index contributed by atoms with van der Waals surface area (Å²) in [6, 6.07) is 0. The summed E-state index contributed by atoms with van der Waals surface area (Å²) < 4.78 is 1.54. The van der Waals surface area contributed by atoms with E-state index in [2.05, 4.69) is 10.2 Å². The molecule has 1 amide bonds. The minimum absolute atomic E-state index is 0.0259. The Bertz CT molecular complexity index is 310. The first-order chi connectivity index (χ1) is 6.69. The fourth-order valence-electron chi connectivity index (χ4n) is 0.976. The molecular weight excluding hydrogens is 184 g/mol. The lowest BCUT2D eigenvalue weighted by Gasteiger charge is -2.14. The van der Waals surface area contributed by atoms with Crippen molar-refractivity contribution in [2.45, 2.75) is 20.1 Å². The Morgan fingerprint density at radius 1 is 1.71 bits per heavy atom. The predicted octanol–water partition coefficient (Wildman–Crippen LogP) is -0.751. The number of amides is 1. The van der Waals surface area contributed by atoms with E-state index in [1.165, 1.54) is 10.9 Å². The predicted molar refractivity (Wildman–Crippen MR) is 49.3 cm³/mol. The van der Waals surface area contributed by atoms with Crippen LogP contribution in [0, 0.1) is 0 Å². The number of aliphatic hydroxyl groups excluding tert-OH is 1. The van der Waals surface area contributed by atoms with E-state index >= 15 is 0 Å². The highest BCUT2D eigenvalue weighted by molar-refractivity contribution is 5.75. The van der Waals surface area contributed by atoms with Crippen LogP contribution < -0.4 is 0 Å². The summed E-state index contributed by atoms with van der Waals surface area (Å²) in [5.74, 6) is 0.379. The summed E-state index contributed by atoms with van der Waals surface area (Å²) in [6.45, 7) is 2.53. The lowest BCUT2D eigenvalue weighted by molar-refractivity contribution is -0.130. The van der Waals surface area contributed by atoms with Crippen LogP contribution in [0.15, 0.2) is 6.33 Å². The van der Waals surface area contributed by atoms with Crippen molar-refractivity contribution < 1.29 is 9.90 Å². The van der Waals surface area contributed by atoms with Crippen LogP contribution >= 0.6 is 0 Å². The molecule has 0 aliphatic rings. The van der Waals surface area contributed by atoms with Gasteiger partial charge in [0.25, 0.3) is 0 Å². The van der Waals surface area contributed by atoms with Crippen LogP contribution in [0.25, 0.3) is 0 Å². The van der Waals surface area contributed by atoms with Crippen molar-refractivity contribution in [2.75, 3.05) is 13.6 Å². The lowest BCUT2D eigenvalue weighted by atomic mass is 10.5. The van der Waals surface area contributed by atoms with Gasteiger partial charge in [0.2, 0.25) is 5.91 Å². The van der Waals surface area contributed by atoms with Gasteiger partial charge in [-0.05, 0) is 6.92 Å². The topological polar surface area (TPSA) is 71.2 Å². The number of carbonyl (C=O) groups excluding carboxylic acids is 1. The van der Waals surface area contributed by atoms with Gasteiger partial charge >= 0.3 is 0 Å². The molecule has 1 aromatic heterocycles. The Kier molecular flexibility index (Phi) is 3.58. The molecule has 0 unspecified atom stereocenters. The Morgan fingerprint density at radius 3 is 3.00 bits per heavy atom. The molecule has 0 radical (unpaired) electrons. The zero-order chi connectivity index (χ0) is 10.6. The molecule has 0 bridgehead atoms. The van der Waals surface area contributed by atoms with Gasteiger partial charge in [-0.2, -0.15) is 0 Å². The SMILES string of the molecule is CCN(C)C(=O)Cn1cnnc1CO. The number of aliphatic hydroxyl groups is 1. The van der Waals surface area contributed by atoms with Crippen molar-refractivity contribution in [3.8, 4) is 0 Å². The Hall–Kier alpha value is -1.43. The van der Waals surface area contributed by atoms with E-state index in [-0.39, 0.29) is 19.1 Å². The van der Waals surface area contributed by atoms with Gasteiger partial charge in [0.1, 0.15) is 19.5 Å². The number of hydrogen-bond donors (Lipinski definition) is 1. The van der Waals surface area contributed by atoms with Crippen LogP contribution in [0.4, 0.5) is 0 Å². The van der Waals surface area contributed by atoms with Crippen LogP contribution in [0.2, 0.25) is 0 Å². The highest BCUT2D eigenvalue weighted by atomic mass is 16.3. The molecule has 0 aromatic carbocycles. The van der Waals surface area contributed by atoms with Gasteiger partial charge in [0.05, 0.1) is 0 Å². The molecule has 0 spiro atoms. The average molecular weight is 198 g/mol. The number of hydrogen-bond acceptors (Lipinski definition) is 4. The van der Waals surface area contributed by atoms with Crippen LogP contribution in [0.1, 0.15) is 12.7 Å². The molecule has 0 saturated heterocycles. The summed E-state index contributed by atoms with van der Waals surface area (Å²) in [5, 5.41) is 16.1. The summed E-state index contributed by atoms with van der Waals surface area (Å²) in [4.78, 5) is 13.1. The summed E-state index contributed by atoms with van der Waals surface area (Å²) in [5.41, 5.74) is 0. The van der Waals surface area contributed by atoms with E-state index in [1.54, 1.807) is 11.9 Å². The number of carbonyl (C=O) groups is 1. The summed E-state index contributed by atoms with van der Waals surface area (Å²) in [6.07, 6.45) is 1.44. The number of aromatic nitrogens is 3. The first kappa shape index (κ1) is 10.6. The van der Waals surface area contributed by atoms with Crippen LogP contribution in [0.5, 0.6) is 0 Å². The third-order valence-corrected chi connectivity index (χ3v) is 2.04. The normalized spacial score (nSPS) is 10.2. The zero-order valence-electron chi connectivity index (χ0n) is 8.34. The first-order valence-corrected chi connectivity index (χ1v) is 4.40. The second-order valence-corrected chi connectivity index (χ2v) is 2.94. The van der Waals surface area contributed by atoms with Crippen LogP contribution in [-0.2, 0) is 17.9 Å². The van der Waals surface area contributed by atoms with Crippen molar-refractivity contribution in [1.29, 1.82) is 0 Å². The maximum absolute atomic E-state index is 11.5. The van der Waals surface area contributed by atoms with Gasteiger partial charge in [-0.3, -0.25) is 4.79 Å². The maximum atomic E-state index is 11.5. The Balaban J connectivity index is 2.64. The third kappa shape index (κ3) is 2.29. The molecular formula is C8H14N4O2. The number of likely N-dealkylation sites (N-methyl/N-ethyl adjacent to an activating group) is 1. The maximum Gasteiger partial charge on any atom is 0.242 e. The molecule has 78 valence electrons. The average Bonchev–Trinajstić information content (AvgIpc) is 2.63. The quantitative estimate of drug-likeness (QED) is 0.691. The van der Waals surface area contributed by atoms with Gasteiger partial charge in [-0.25, -0.2) is 0 Å². The van der Waals surface area contributed by atoms with Gasteiger partial charge in [0.15, 0.2) is 5.82 Å². The smallest absolute Gasteiger partial charge is 0.242 e. The van der Waals surface area contributed by atoms with Gasteiger partial charge in [0, 0.05) is 13.6 Å². The fourth-order valence-corrected chi connectivity index (χ4v) is 0.976. The Morgan fingerprint density at radius 2 is 2.43 bits per heavy atom. The van der Waals surface area contributed by atoms with E-state index < -0.39 is 0 Å². The first-order valence-electron chi connectivity index (χ1n) is 4.40. The van der Waals surface area contributed by atoms with Crippen LogP contribution in [-0.4, -0.2) is 44.3 Å². The van der Waals surface area contributed by atoms with Crippen molar-refractivity contribution in [2.24, 2.45) is 0 Å². The molecule has 0 aliphatic heterocycles. The minimum Gasteiger partial charge on any atom is -0.388 e. The molecule has 6 heteroatoms. The van der Waals surface area contributed by atoms with Crippen molar-refractivity contribution in [1.82, 2.24) is 19.7 Å². The standard InChI is InChI=1S/C8H14N4O2/c1-3-11(2)8(14)4-12-6-9-10-7(12)5-13/h6,13H,3-5H2,1-2H3. The molecule has 0 atom stereocenters. The van der Waals surface area contributed by atoms with E-state index in [1.807, 2.05) is 6.92 Å². The molecule has 1 rings (SSSR count). The molecule has 0 saturated carbocycles. The van der Waals surface area contributed by atoms with E-state index in [0.29, 0.717) is 12.4 Å². The van der Waals surface area contributed by atoms with Crippen LogP contribution in [0.3, 0.4) is 0 Å². The van der Waals surface area contributed by atoms with E-state index in [0.717, 1.165) is 0 Å². The highest BCUT2D eigenvalue weighted by Crippen LogP contribution is 1.96. The molecule has 1 aromatic rings. The Labute approximate surface area is 82.2 Å². The van der Waals surface area contributed by atoms with Gasteiger partial charge in [-0.1, -0.05) is 0 Å². The number of nitrogens with zero attached hydrogens (tertiary/aromatic N) is 4. The van der Waals surface area contributed by atoms with Crippen molar-refractivity contribution in [3.05, 3.63) is 12.2 Å². The van der Waals surface area contributed by atoms with E-state index in [9.17, 15) is 4.79 Å². The molecule has 0 fully saturated rings. The number of rotatable bonds is 4. The molecule has 1 heterocycles. The second-order valence-electron chi connectivity index (χ2n) is 2.94. The zero-order valence-corrected chi connectivity index (χ0v) is 8.34. The third-order valence-electron chi connectivity index (χ3n) is 2.04. The summed E-state index contributed by atoms with van der Waals surface area (Å²) in [7, 11) is 1.73. The minimum atomic E-state index is -0.205. The largest absolute Gasteiger partial charge is 0.388 e. The lowest BCUT2D eigenvalue weighted by Crippen LogP contribution is -2.30. The fraction of sp³-hybridized carbons (Fsp3) is 0.625.